The fourth-order valence-electron chi connectivity index (χ4n) is 3.16. The van der Waals surface area contributed by atoms with E-state index in [0.717, 1.165) is 57.2 Å². The molecule has 152 valence electrons. The molecule has 1 aromatic carbocycles. The van der Waals surface area contributed by atoms with Gasteiger partial charge in [-0.3, -0.25) is 14.9 Å². The molecule has 29 heavy (non-hydrogen) atoms. The molecule has 0 fully saturated rings. The van der Waals surface area contributed by atoms with Crippen LogP contribution in [0.2, 0.25) is 0 Å². The van der Waals surface area contributed by atoms with E-state index >= 15 is 0 Å². The molecule has 0 spiro atoms. The molecule has 0 unspecified atom stereocenters. The van der Waals surface area contributed by atoms with Gasteiger partial charge in [0.05, 0.1) is 11.4 Å². The lowest BCUT2D eigenvalue weighted by molar-refractivity contribution is 0.279. The minimum absolute atomic E-state index is 0.789. The average molecular weight is 390 g/mol. The van der Waals surface area contributed by atoms with Gasteiger partial charge in [-0.25, -0.2) is 0 Å². The highest BCUT2D eigenvalue weighted by atomic mass is 15.1. The zero-order valence-electron chi connectivity index (χ0n) is 17.2. The number of hydrogen-bond donors (Lipinski definition) is 2. The van der Waals surface area contributed by atoms with Crippen molar-refractivity contribution in [1.29, 1.82) is 0 Å². The highest BCUT2D eigenvalue weighted by molar-refractivity contribution is 5.22. The van der Waals surface area contributed by atoms with Crippen molar-refractivity contribution < 1.29 is 0 Å². The van der Waals surface area contributed by atoms with Gasteiger partial charge in [-0.1, -0.05) is 43.3 Å². The molecule has 3 aromatic rings. The molecule has 0 aliphatic carbocycles. The Morgan fingerprint density at radius 1 is 0.724 bits per heavy atom. The van der Waals surface area contributed by atoms with Gasteiger partial charge in [-0.15, -0.1) is 0 Å². The number of hydrogen-bond acceptors (Lipinski definition) is 5. The van der Waals surface area contributed by atoms with E-state index in [1.54, 1.807) is 0 Å². The van der Waals surface area contributed by atoms with Crippen LogP contribution in [0.3, 0.4) is 0 Å². The van der Waals surface area contributed by atoms with Crippen LogP contribution in [-0.4, -0.2) is 34.5 Å². The topological polar surface area (TPSA) is 53.1 Å². The van der Waals surface area contributed by atoms with Gasteiger partial charge in [0, 0.05) is 51.7 Å². The molecule has 5 heteroatoms. The maximum Gasteiger partial charge on any atom is 0.0541 e. The number of likely N-dealkylation sites (N-methyl/N-ethyl adjacent to an activating group) is 1. The van der Waals surface area contributed by atoms with Crippen molar-refractivity contribution >= 4 is 0 Å². The molecule has 0 bridgehead atoms. The predicted molar refractivity (Wildman–Crippen MR) is 118 cm³/mol. The number of nitrogens with one attached hydrogen (secondary N) is 2. The molecule has 0 radical (unpaired) electrons. The van der Waals surface area contributed by atoms with E-state index in [9.17, 15) is 0 Å². The second-order valence-corrected chi connectivity index (χ2v) is 7.11. The van der Waals surface area contributed by atoms with Gasteiger partial charge in [0.15, 0.2) is 0 Å². The van der Waals surface area contributed by atoms with Crippen molar-refractivity contribution in [3.8, 4) is 0 Å². The maximum atomic E-state index is 4.35. The molecule has 0 saturated carbocycles. The first kappa shape index (κ1) is 21.1. The van der Waals surface area contributed by atoms with Gasteiger partial charge in [-0.05, 0) is 41.9 Å². The van der Waals surface area contributed by atoms with Crippen LogP contribution in [0, 0.1) is 0 Å². The van der Waals surface area contributed by atoms with Crippen molar-refractivity contribution in [2.24, 2.45) is 0 Å². The Kier molecular flexibility index (Phi) is 8.79. The van der Waals surface area contributed by atoms with Crippen molar-refractivity contribution in [3.05, 3.63) is 95.6 Å². The molecule has 0 aliphatic rings. The van der Waals surface area contributed by atoms with Crippen LogP contribution in [0.4, 0.5) is 0 Å². The van der Waals surface area contributed by atoms with E-state index in [1.807, 2.05) is 42.7 Å². The number of aromatic nitrogens is 2. The summed E-state index contributed by atoms with van der Waals surface area (Å²) in [7, 11) is 0. The fourth-order valence-corrected chi connectivity index (χ4v) is 3.16. The lowest BCUT2D eigenvalue weighted by atomic mass is 10.1. The Balaban J connectivity index is 1.36. The number of nitrogens with zero attached hydrogens (tertiary/aromatic N) is 3. The third-order valence-corrected chi connectivity index (χ3v) is 4.87. The predicted octanol–water partition coefficient (Wildman–Crippen LogP) is 3.38. The summed E-state index contributed by atoms with van der Waals surface area (Å²) in [5.41, 5.74) is 4.80. The summed E-state index contributed by atoms with van der Waals surface area (Å²) in [6.45, 7) is 8.68. The smallest absolute Gasteiger partial charge is 0.0541 e. The summed E-state index contributed by atoms with van der Waals surface area (Å²) >= 11 is 0. The minimum Gasteiger partial charge on any atom is -0.310 e. The van der Waals surface area contributed by atoms with Crippen LogP contribution in [0.15, 0.2) is 73.1 Å². The van der Waals surface area contributed by atoms with Crippen LogP contribution in [0.25, 0.3) is 0 Å². The van der Waals surface area contributed by atoms with Crippen molar-refractivity contribution in [3.63, 3.8) is 0 Å². The zero-order chi connectivity index (χ0) is 20.2. The van der Waals surface area contributed by atoms with E-state index < -0.39 is 0 Å². The lowest BCUT2D eigenvalue weighted by Crippen LogP contribution is -2.31. The van der Waals surface area contributed by atoms with Crippen molar-refractivity contribution in [1.82, 2.24) is 25.5 Å². The third-order valence-electron chi connectivity index (χ3n) is 4.87. The van der Waals surface area contributed by atoms with Gasteiger partial charge in [0.25, 0.3) is 0 Å². The van der Waals surface area contributed by atoms with Crippen molar-refractivity contribution in [2.75, 3.05) is 19.6 Å². The molecule has 0 aliphatic heterocycles. The first-order chi connectivity index (χ1) is 14.3. The minimum atomic E-state index is 0.789. The molecule has 5 nitrogen and oxygen atoms in total. The van der Waals surface area contributed by atoms with Crippen molar-refractivity contribution in [2.45, 2.75) is 33.1 Å². The molecule has 2 heterocycles. The number of rotatable bonds is 12. The first-order valence-electron chi connectivity index (χ1n) is 10.3. The van der Waals surface area contributed by atoms with E-state index in [0.29, 0.717) is 0 Å². The normalized spacial score (nSPS) is 11.1. The second-order valence-electron chi connectivity index (χ2n) is 7.11. The van der Waals surface area contributed by atoms with Crippen LogP contribution < -0.4 is 10.6 Å². The molecule has 2 aromatic heterocycles. The van der Waals surface area contributed by atoms with Crippen LogP contribution in [0.1, 0.15) is 29.4 Å². The summed E-state index contributed by atoms with van der Waals surface area (Å²) in [6, 6.07) is 20.9. The quantitative estimate of drug-likeness (QED) is 0.465. The third kappa shape index (κ3) is 7.74. The van der Waals surface area contributed by atoms with E-state index in [2.05, 4.69) is 62.8 Å². The van der Waals surface area contributed by atoms with Gasteiger partial charge >= 0.3 is 0 Å². The molecule has 3 rings (SSSR count). The Bertz CT molecular complexity index is 806. The summed E-state index contributed by atoms with van der Waals surface area (Å²) in [6.07, 6.45) is 3.67. The van der Waals surface area contributed by atoms with Gasteiger partial charge < -0.3 is 10.6 Å². The zero-order valence-corrected chi connectivity index (χ0v) is 17.2. The summed E-state index contributed by atoms with van der Waals surface area (Å²) in [5.74, 6) is 0. The lowest BCUT2D eigenvalue weighted by Gasteiger charge is -2.21. The van der Waals surface area contributed by atoms with E-state index in [4.69, 9.17) is 0 Å². The Labute approximate surface area is 174 Å². The summed E-state index contributed by atoms with van der Waals surface area (Å²) < 4.78 is 0. The van der Waals surface area contributed by atoms with E-state index in [1.165, 1.54) is 11.1 Å². The van der Waals surface area contributed by atoms with Gasteiger partial charge in [0.1, 0.15) is 0 Å². The Morgan fingerprint density at radius 2 is 1.34 bits per heavy atom. The van der Waals surface area contributed by atoms with Crippen LogP contribution in [0.5, 0.6) is 0 Å². The average Bonchev–Trinajstić information content (AvgIpc) is 2.78. The monoisotopic (exact) mass is 389 g/mol. The number of pyridine rings is 2. The molecule has 2 N–H and O–H groups in total. The SMILES string of the molecule is CCN(CCNCc1ccccn1)Cc1ccc(CNCc2ccccn2)cc1. The van der Waals surface area contributed by atoms with Crippen LogP contribution in [-0.2, 0) is 26.2 Å². The Hall–Kier alpha value is -2.60. The Morgan fingerprint density at radius 3 is 1.93 bits per heavy atom. The maximum absolute atomic E-state index is 4.35. The second kappa shape index (κ2) is 12.1. The highest BCUT2D eigenvalue weighted by Gasteiger charge is 2.04. The van der Waals surface area contributed by atoms with Gasteiger partial charge in [-0.2, -0.15) is 0 Å². The largest absolute Gasteiger partial charge is 0.310 e. The standard InChI is InChI=1S/C24H31N5/c1-2-29(16-15-25-18-23-7-3-5-13-27-23)20-22-11-9-21(10-12-22)17-26-19-24-8-4-6-14-28-24/h3-14,25-26H,2,15-20H2,1H3. The molecule has 0 amide bonds. The molecule has 0 saturated heterocycles. The molecule has 0 atom stereocenters. The number of benzene rings is 1. The first-order valence-corrected chi connectivity index (χ1v) is 10.3. The summed E-state index contributed by atoms with van der Waals surface area (Å²) in [4.78, 5) is 11.1. The van der Waals surface area contributed by atoms with E-state index in [-0.39, 0.29) is 0 Å². The molecular weight excluding hydrogens is 358 g/mol. The molecular formula is C24H31N5. The highest BCUT2D eigenvalue weighted by Crippen LogP contribution is 2.08. The fraction of sp³-hybridized carbons (Fsp3) is 0.333. The summed E-state index contributed by atoms with van der Waals surface area (Å²) in [5, 5.41) is 6.93. The van der Waals surface area contributed by atoms with Crippen LogP contribution >= 0.6 is 0 Å². The van der Waals surface area contributed by atoms with Gasteiger partial charge in [0.2, 0.25) is 0 Å².